The van der Waals surface area contributed by atoms with Crippen LogP contribution in [0.5, 0.6) is 0 Å². The first kappa shape index (κ1) is 24.8. The van der Waals surface area contributed by atoms with Crippen LogP contribution in [-0.4, -0.2) is 31.4 Å². The zero-order valence-corrected chi connectivity index (χ0v) is 20.1. The summed E-state index contributed by atoms with van der Waals surface area (Å²) >= 11 is 0. The number of nitrogens with one attached hydrogen (secondary N) is 3. The Bertz CT molecular complexity index is 1540. The molecular weight excluding hydrogens is 476 g/mol. The molecule has 188 valence electrons. The second kappa shape index (κ2) is 10.1. The van der Waals surface area contributed by atoms with Crippen LogP contribution >= 0.6 is 0 Å². The summed E-state index contributed by atoms with van der Waals surface area (Å²) in [7, 11) is 4.97. The minimum absolute atomic E-state index is 0.242. The van der Waals surface area contributed by atoms with Crippen LogP contribution in [0.2, 0.25) is 0 Å². The smallest absolute Gasteiger partial charge is 0.272 e. The van der Waals surface area contributed by atoms with Crippen LogP contribution in [0.1, 0.15) is 31.5 Å². The molecule has 3 heterocycles. The van der Waals surface area contributed by atoms with Crippen molar-refractivity contribution in [1.82, 2.24) is 13.7 Å². The number of hydrogen-bond acceptors (Lipinski definition) is 5. The van der Waals surface area contributed by atoms with Crippen molar-refractivity contribution in [2.45, 2.75) is 0 Å². The molecule has 37 heavy (non-hydrogen) atoms. The molecule has 3 aromatic heterocycles. The maximum absolute atomic E-state index is 12.9. The zero-order chi connectivity index (χ0) is 26.7. The van der Waals surface area contributed by atoms with Gasteiger partial charge in [-0.15, -0.1) is 0 Å². The molecule has 0 fully saturated rings. The van der Waals surface area contributed by atoms with Crippen molar-refractivity contribution in [2.75, 3.05) is 16.0 Å². The number of aryl methyl sites for hydroxylation is 3. The summed E-state index contributed by atoms with van der Waals surface area (Å²) in [4.78, 5) is 38.2. The number of rotatable bonds is 8. The fraction of sp³-hybridized carbons (Fsp3) is 0.125. The molecule has 13 nitrogen and oxygen atoms in total. The van der Waals surface area contributed by atoms with Crippen molar-refractivity contribution in [3.8, 4) is 0 Å². The van der Waals surface area contributed by atoms with E-state index in [-0.39, 0.29) is 22.8 Å². The molecule has 4 rings (SSSR count). The predicted octanol–water partition coefficient (Wildman–Crippen LogP) is 4.77. The van der Waals surface area contributed by atoms with E-state index in [4.69, 9.17) is 11.1 Å². The third-order valence-corrected chi connectivity index (χ3v) is 5.55. The Hall–Kier alpha value is -5.33. The third kappa shape index (κ3) is 5.35. The van der Waals surface area contributed by atoms with Gasteiger partial charge in [-0.2, -0.15) is 0 Å². The summed E-state index contributed by atoms with van der Waals surface area (Å²) in [6.45, 7) is 0. The van der Waals surface area contributed by atoms with Crippen LogP contribution in [0, 0.1) is 0 Å². The Morgan fingerprint density at radius 3 is 1.57 bits per heavy atom. The van der Waals surface area contributed by atoms with Gasteiger partial charge in [0.2, 0.25) is 0 Å². The predicted molar refractivity (Wildman–Crippen MR) is 137 cm³/mol. The highest BCUT2D eigenvalue weighted by molar-refractivity contribution is 6.08. The Kier molecular flexibility index (Phi) is 6.77. The third-order valence-electron chi connectivity index (χ3n) is 5.55. The number of aromatic nitrogens is 3. The molecule has 13 heteroatoms. The number of anilines is 3. The van der Waals surface area contributed by atoms with E-state index in [1.807, 2.05) is 0 Å². The van der Waals surface area contributed by atoms with Gasteiger partial charge in [0.15, 0.2) is 0 Å². The molecule has 0 aliphatic carbocycles. The van der Waals surface area contributed by atoms with Crippen molar-refractivity contribution in [1.29, 1.82) is 0 Å². The maximum atomic E-state index is 12.9. The van der Waals surface area contributed by atoms with Crippen LogP contribution < -0.4 is 16.0 Å². The molecule has 3 N–H and O–H groups in total. The SMILES string of the molecule is Cn1cc(N=[N-])cc1C(=O)Nc1cc(C(=O)Nc2cc(C(=O)Nc3cccc(N=[N-])c3)n(C)c2)n(C)c1. The van der Waals surface area contributed by atoms with Crippen molar-refractivity contribution < 1.29 is 14.4 Å². The van der Waals surface area contributed by atoms with Gasteiger partial charge in [0.05, 0.1) is 17.1 Å². The number of hydrogen-bond donors (Lipinski definition) is 3. The first-order valence-corrected chi connectivity index (χ1v) is 10.9. The first-order chi connectivity index (χ1) is 17.7. The molecule has 4 aromatic rings. The van der Waals surface area contributed by atoms with E-state index >= 15 is 0 Å². The van der Waals surface area contributed by atoms with E-state index in [1.165, 1.54) is 35.0 Å². The molecule has 0 aliphatic heterocycles. The quantitative estimate of drug-likeness (QED) is 0.298. The highest BCUT2D eigenvalue weighted by atomic mass is 16.2. The van der Waals surface area contributed by atoms with Gasteiger partial charge in [0, 0.05) is 51.1 Å². The van der Waals surface area contributed by atoms with Crippen molar-refractivity contribution in [3.05, 3.63) is 89.2 Å². The fourth-order valence-electron chi connectivity index (χ4n) is 3.78. The molecule has 0 aliphatic rings. The number of amides is 3. The van der Waals surface area contributed by atoms with Crippen LogP contribution in [0.25, 0.3) is 11.1 Å². The van der Waals surface area contributed by atoms with Gasteiger partial charge >= 0.3 is 0 Å². The van der Waals surface area contributed by atoms with Gasteiger partial charge in [0.1, 0.15) is 17.1 Å². The normalized spacial score (nSPS) is 10.6. The average Bonchev–Trinajstić information content (AvgIpc) is 3.54. The van der Waals surface area contributed by atoms with Gasteiger partial charge in [-0.3, -0.25) is 14.4 Å². The lowest BCUT2D eigenvalue weighted by Crippen LogP contribution is -2.15. The summed E-state index contributed by atoms with van der Waals surface area (Å²) in [6.07, 6.45) is 4.68. The topological polar surface area (TPSA) is 171 Å². The lowest BCUT2D eigenvalue weighted by Gasteiger charge is -2.07. The largest absolute Gasteiger partial charge is 0.706 e. The molecule has 0 saturated heterocycles. The molecule has 0 bridgehead atoms. The van der Waals surface area contributed by atoms with Gasteiger partial charge < -0.3 is 50.9 Å². The van der Waals surface area contributed by atoms with E-state index in [0.717, 1.165) is 0 Å². The van der Waals surface area contributed by atoms with Crippen LogP contribution in [0.3, 0.4) is 0 Å². The monoisotopic (exact) mass is 498 g/mol. The minimum atomic E-state index is -0.446. The first-order valence-electron chi connectivity index (χ1n) is 10.9. The summed E-state index contributed by atoms with van der Waals surface area (Å²) in [6, 6.07) is 10.9. The standard InChI is InChI=1S/C24H22N10O3/c1-32-11-16(8-19(32)22(35)27-14-5-4-6-15(7-14)30-25)28-23(36)20-9-17(12-33(20)2)29-24(37)21-10-18(31-26)13-34(21)3/h4-13H,1-3H3,(H,27,35)(H,28,36)(H,29,37)/q-2. The molecule has 1 aromatic carbocycles. The van der Waals surface area contributed by atoms with Crippen molar-refractivity contribution >= 4 is 46.2 Å². The lowest BCUT2D eigenvalue weighted by molar-refractivity contribution is 0.101. The number of nitrogens with zero attached hydrogens (tertiary/aromatic N) is 7. The Labute approximate surface area is 211 Å². The van der Waals surface area contributed by atoms with Gasteiger partial charge in [-0.05, 0) is 36.4 Å². The highest BCUT2D eigenvalue weighted by Crippen LogP contribution is 2.22. The number of carbonyl (C=O) groups excluding carboxylic acids is 3. The molecule has 0 unspecified atom stereocenters. The van der Waals surface area contributed by atoms with Crippen LogP contribution in [0.15, 0.2) is 71.3 Å². The Morgan fingerprint density at radius 2 is 1.08 bits per heavy atom. The molecule has 0 spiro atoms. The van der Waals surface area contributed by atoms with Crippen LogP contribution in [0.4, 0.5) is 28.4 Å². The molecule has 0 atom stereocenters. The summed E-state index contributed by atoms with van der Waals surface area (Å²) < 4.78 is 4.64. The van der Waals surface area contributed by atoms with Gasteiger partial charge in [-0.25, -0.2) is 0 Å². The lowest BCUT2D eigenvalue weighted by atomic mass is 10.2. The van der Waals surface area contributed by atoms with Crippen LogP contribution in [-0.2, 0) is 21.1 Å². The Balaban J connectivity index is 1.44. The van der Waals surface area contributed by atoms with E-state index in [0.29, 0.717) is 22.7 Å². The molecular formula is C24H22N10O3-2. The van der Waals surface area contributed by atoms with Crippen molar-refractivity contribution in [3.63, 3.8) is 0 Å². The van der Waals surface area contributed by atoms with Gasteiger partial charge in [-0.1, -0.05) is 6.07 Å². The highest BCUT2D eigenvalue weighted by Gasteiger charge is 2.18. The van der Waals surface area contributed by atoms with Gasteiger partial charge in [0.25, 0.3) is 17.7 Å². The summed E-state index contributed by atoms with van der Waals surface area (Å²) in [5.41, 5.74) is 20.4. The average molecular weight is 499 g/mol. The summed E-state index contributed by atoms with van der Waals surface area (Å²) in [5, 5.41) is 14.3. The maximum Gasteiger partial charge on any atom is 0.272 e. The second-order valence-electron chi connectivity index (χ2n) is 8.26. The van der Waals surface area contributed by atoms with E-state index in [2.05, 4.69) is 26.2 Å². The number of carbonyl (C=O) groups is 3. The second-order valence-corrected chi connectivity index (χ2v) is 8.26. The molecule has 3 amide bonds. The van der Waals surface area contributed by atoms with E-state index in [9.17, 15) is 14.4 Å². The van der Waals surface area contributed by atoms with Crippen molar-refractivity contribution in [2.24, 2.45) is 31.4 Å². The minimum Gasteiger partial charge on any atom is -0.706 e. The van der Waals surface area contributed by atoms with E-state index < -0.39 is 17.7 Å². The molecule has 0 radical (unpaired) electrons. The van der Waals surface area contributed by atoms with E-state index in [1.54, 1.807) is 60.9 Å². The zero-order valence-electron chi connectivity index (χ0n) is 20.1. The number of benzene rings is 1. The molecule has 0 saturated carbocycles. The fourth-order valence-corrected chi connectivity index (χ4v) is 3.78. The Morgan fingerprint density at radius 1 is 0.622 bits per heavy atom. The summed E-state index contributed by atoms with van der Waals surface area (Å²) in [5.74, 6) is -1.30.